The lowest BCUT2D eigenvalue weighted by atomic mass is 10.1. The minimum atomic E-state index is 0.310. The number of Topliss-reactive ketones (excluding diaryl/α,β-unsaturated/α-hetero) is 1. The van der Waals surface area contributed by atoms with Crippen molar-refractivity contribution in [2.75, 3.05) is 25.1 Å². The van der Waals surface area contributed by atoms with Crippen LogP contribution in [0, 0.1) is 0 Å². The third-order valence-electron chi connectivity index (χ3n) is 2.04. The van der Waals surface area contributed by atoms with Gasteiger partial charge in [0.2, 0.25) is 0 Å². The van der Waals surface area contributed by atoms with E-state index < -0.39 is 0 Å². The van der Waals surface area contributed by atoms with E-state index in [0.29, 0.717) is 11.8 Å². The van der Waals surface area contributed by atoms with E-state index in [1.54, 1.807) is 6.92 Å². The van der Waals surface area contributed by atoms with Crippen molar-refractivity contribution in [3.05, 3.63) is 0 Å². The summed E-state index contributed by atoms with van der Waals surface area (Å²) in [5, 5.41) is 0. The van der Waals surface area contributed by atoms with Crippen molar-refractivity contribution in [1.29, 1.82) is 0 Å². The maximum absolute atomic E-state index is 10.8. The second-order valence-electron chi connectivity index (χ2n) is 3.12. The van der Waals surface area contributed by atoms with Gasteiger partial charge in [-0.15, -0.1) is 0 Å². The molecule has 11 heavy (non-hydrogen) atoms. The Bertz CT molecular complexity index is 149. The Morgan fingerprint density at radius 3 is 3.00 bits per heavy atom. The van der Waals surface area contributed by atoms with Crippen LogP contribution >= 0.6 is 11.8 Å². The van der Waals surface area contributed by atoms with Gasteiger partial charge in [0.25, 0.3) is 0 Å². The van der Waals surface area contributed by atoms with Crippen LogP contribution in [0.5, 0.6) is 0 Å². The van der Waals surface area contributed by atoms with E-state index in [4.69, 9.17) is 0 Å². The van der Waals surface area contributed by atoms with Crippen LogP contribution < -0.4 is 0 Å². The van der Waals surface area contributed by atoms with Gasteiger partial charge >= 0.3 is 0 Å². The van der Waals surface area contributed by atoms with E-state index in [1.807, 2.05) is 11.8 Å². The molecule has 0 aromatic carbocycles. The van der Waals surface area contributed by atoms with Gasteiger partial charge in [0.1, 0.15) is 5.78 Å². The number of hydrogen-bond acceptors (Lipinski definition) is 3. The van der Waals surface area contributed by atoms with Crippen molar-refractivity contribution >= 4 is 17.5 Å². The van der Waals surface area contributed by atoms with E-state index in [2.05, 4.69) is 11.9 Å². The zero-order valence-corrected chi connectivity index (χ0v) is 7.99. The lowest BCUT2D eigenvalue weighted by Crippen LogP contribution is -2.40. The van der Waals surface area contributed by atoms with Gasteiger partial charge in [-0.2, -0.15) is 11.8 Å². The van der Waals surface area contributed by atoms with E-state index in [-0.39, 0.29) is 0 Å². The normalized spacial score (nSPS) is 26.9. The average molecular weight is 173 g/mol. The second kappa shape index (κ2) is 4.12. The standard InChI is InChI=1S/C8H15NOS/c1-7(10)5-8-6-11-4-3-9(8)2/h8H,3-6H2,1-2H3. The Hall–Kier alpha value is -0.0200. The molecule has 0 N–H and O–H groups in total. The quantitative estimate of drug-likeness (QED) is 0.621. The Morgan fingerprint density at radius 2 is 2.45 bits per heavy atom. The molecule has 1 aliphatic rings. The number of nitrogens with zero attached hydrogens (tertiary/aromatic N) is 1. The summed E-state index contributed by atoms with van der Waals surface area (Å²) in [6.45, 7) is 2.80. The first-order valence-corrected chi connectivity index (χ1v) is 5.13. The summed E-state index contributed by atoms with van der Waals surface area (Å²) >= 11 is 1.95. The largest absolute Gasteiger partial charge is 0.301 e. The molecule has 0 aromatic rings. The molecule has 64 valence electrons. The van der Waals surface area contributed by atoms with Crippen molar-refractivity contribution in [2.24, 2.45) is 0 Å². The molecule has 0 aliphatic carbocycles. The van der Waals surface area contributed by atoms with Gasteiger partial charge in [-0.1, -0.05) is 0 Å². The van der Waals surface area contributed by atoms with Crippen LogP contribution in [0.25, 0.3) is 0 Å². The number of carbonyl (C=O) groups is 1. The molecule has 0 bridgehead atoms. The second-order valence-corrected chi connectivity index (χ2v) is 4.27. The first kappa shape index (κ1) is 9.07. The minimum Gasteiger partial charge on any atom is -0.301 e. The molecule has 0 amide bonds. The molecule has 0 aromatic heterocycles. The number of rotatable bonds is 2. The Kier molecular flexibility index (Phi) is 3.40. The average Bonchev–Trinajstić information content (AvgIpc) is 1.93. The lowest BCUT2D eigenvalue weighted by Gasteiger charge is -2.31. The van der Waals surface area contributed by atoms with Gasteiger partial charge < -0.3 is 4.90 Å². The van der Waals surface area contributed by atoms with Crippen molar-refractivity contribution in [1.82, 2.24) is 4.90 Å². The van der Waals surface area contributed by atoms with E-state index in [0.717, 1.165) is 18.7 Å². The fraction of sp³-hybridized carbons (Fsp3) is 0.875. The fourth-order valence-electron chi connectivity index (χ4n) is 1.28. The third kappa shape index (κ3) is 2.83. The van der Waals surface area contributed by atoms with Crippen molar-refractivity contribution in [3.63, 3.8) is 0 Å². The lowest BCUT2D eigenvalue weighted by molar-refractivity contribution is -0.117. The van der Waals surface area contributed by atoms with Crippen LogP contribution in [0.1, 0.15) is 13.3 Å². The minimum absolute atomic E-state index is 0.310. The highest BCUT2D eigenvalue weighted by Crippen LogP contribution is 2.16. The maximum atomic E-state index is 10.8. The highest BCUT2D eigenvalue weighted by Gasteiger charge is 2.19. The summed E-state index contributed by atoms with van der Waals surface area (Å²) in [4.78, 5) is 13.1. The van der Waals surface area contributed by atoms with Gasteiger partial charge in [-0.25, -0.2) is 0 Å². The van der Waals surface area contributed by atoms with E-state index >= 15 is 0 Å². The van der Waals surface area contributed by atoms with Crippen LogP contribution in [0.2, 0.25) is 0 Å². The number of carbonyl (C=O) groups excluding carboxylic acids is 1. The van der Waals surface area contributed by atoms with Gasteiger partial charge in [0.05, 0.1) is 0 Å². The highest BCUT2D eigenvalue weighted by molar-refractivity contribution is 7.99. The monoisotopic (exact) mass is 173 g/mol. The highest BCUT2D eigenvalue weighted by atomic mass is 32.2. The SMILES string of the molecule is CC(=O)CC1CSCCN1C. The topological polar surface area (TPSA) is 20.3 Å². The van der Waals surface area contributed by atoms with Gasteiger partial charge in [0.15, 0.2) is 0 Å². The fourth-order valence-corrected chi connectivity index (χ4v) is 2.51. The number of thioether (sulfide) groups is 1. The molecule has 1 heterocycles. The van der Waals surface area contributed by atoms with Crippen molar-refractivity contribution in [3.8, 4) is 0 Å². The summed E-state index contributed by atoms with van der Waals surface area (Å²) in [6.07, 6.45) is 0.726. The molecular formula is C8H15NOS. The van der Waals surface area contributed by atoms with Crippen LogP contribution in [0.4, 0.5) is 0 Å². The van der Waals surface area contributed by atoms with Crippen LogP contribution in [0.15, 0.2) is 0 Å². The summed E-state index contributed by atoms with van der Waals surface area (Å²) < 4.78 is 0. The van der Waals surface area contributed by atoms with Gasteiger partial charge in [-0.05, 0) is 14.0 Å². The molecule has 0 spiro atoms. The van der Waals surface area contributed by atoms with Crippen LogP contribution in [0.3, 0.4) is 0 Å². The zero-order valence-electron chi connectivity index (χ0n) is 7.17. The Morgan fingerprint density at radius 1 is 1.73 bits per heavy atom. The number of hydrogen-bond donors (Lipinski definition) is 0. The summed E-state index contributed by atoms with van der Waals surface area (Å²) in [5.41, 5.74) is 0. The van der Waals surface area contributed by atoms with E-state index in [9.17, 15) is 4.79 Å². The summed E-state index contributed by atoms with van der Waals surface area (Å²) in [5.74, 6) is 2.64. The van der Waals surface area contributed by atoms with Crippen LogP contribution in [-0.2, 0) is 4.79 Å². The molecule has 1 fully saturated rings. The molecule has 1 atom stereocenters. The molecule has 1 unspecified atom stereocenters. The predicted molar refractivity (Wildman–Crippen MR) is 49.0 cm³/mol. The van der Waals surface area contributed by atoms with Gasteiger partial charge in [-0.3, -0.25) is 4.79 Å². The first-order valence-electron chi connectivity index (χ1n) is 3.97. The third-order valence-corrected chi connectivity index (χ3v) is 3.14. The molecule has 0 radical (unpaired) electrons. The summed E-state index contributed by atoms with van der Waals surface area (Å²) in [7, 11) is 2.10. The number of ketones is 1. The molecule has 1 saturated heterocycles. The molecule has 2 nitrogen and oxygen atoms in total. The smallest absolute Gasteiger partial charge is 0.131 e. The molecule has 1 aliphatic heterocycles. The predicted octanol–water partition coefficient (Wildman–Crippen LogP) is 1.01. The maximum Gasteiger partial charge on any atom is 0.131 e. The van der Waals surface area contributed by atoms with Crippen molar-refractivity contribution < 1.29 is 4.79 Å². The first-order chi connectivity index (χ1) is 5.20. The molecular weight excluding hydrogens is 158 g/mol. The molecule has 1 rings (SSSR count). The Labute approximate surface area is 72.3 Å². The zero-order chi connectivity index (χ0) is 8.27. The van der Waals surface area contributed by atoms with Crippen molar-refractivity contribution in [2.45, 2.75) is 19.4 Å². The Balaban J connectivity index is 2.35. The molecule has 3 heteroatoms. The van der Waals surface area contributed by atoms with Crippen LogP contribution in [-0.4, -0.2) is 41.8 Å². The summed E-state index contributed by atoms with van der Waals surface area (Å²) in [6, 6.07) is 0.492. The van der Waals surface area contributed by atoms with E-state index in [1.165, 1.54) is 5.75 Å². The van der Waals surface area contributed by atoms with Gasteiger partial charge in [0, 0.05) is 30.5 Å². The molecule has 0 saturated carbocycles.